The molecule has 0 saturated carbocycles. The maximum Gasteiger partial charge on any atom is 1.00 e. The number of allylic oxidation sites excluding steroid dienone is 1. The van der Waals surface area contributed by atoms with Crippen LogP contribution in [0.3, 0.4) is 0 Å². The van der Waals surface area contributed by atoms with Crippen molar-refractivity contribution in [3.8, 4) is 0 Å². The van der Waals surface area contributed by atoms with Gasteiger partial charge in [0, 0.05) is 17.8 Å². The van der Waals surface area contributed by atoms with Crippen LogP contribution < -0.4 is 24.0 Å². The van der Waals surface area contributed by atoms with Gasteiger partial charge in [0.05, 0.1) is 11.6 Å². The Morgan fingerprint density at radius 3 is 2.36 bits per heavy atom. The topological polar surface area (TPSA) is 44.7 Å². The van der Waals surface area contributed by atoms with Crippen LogP contribution >= 0.6 is 11.6 Å². The van der Waals surface area contributed by atoms with Gasteiger partial charge in [-0.25, -0.2) is 0 Å². The summed E-state index contributed by atoms with van der Waals surface area (Å²) in [7, 11) is 0. The molecule has 0 radical (unpaired) electrons. The van der Waals surface area contributed by atoms with Crippen molar-refractivity contribution in [3.63, 3.8) is 0 Å². The van der Waals surface area contributed by atoms with Crippen molar-refractivity contribution in [2.45, 2.75) is 26.9 Å². The monoisotopic (exact) mass is 349 g/mol. The standard InChI is InChI=1S/C20H22ClNO2.Li/c1-15(2)12-19(22-13-16-8-10-18(21)11-9-16)20(23)24-14-17-6-4-3-5-7-17;/h3-11,13,15,23H,12,14H2,1-2H3;/q;+1/p-1/b20-19-,22-13?;. The number of aliphatic imine (C=N–C) groups is 1. The largest absolute Gasteiger partial charge is 1.00 e. The Hall–Kier alpha value is -1.66. The first-order chi connectivity index (χ1) is 11.5. The van der Waals surface area contributed by atoms with Gasteiger partial charge in [-0.3, -0.25) is 4.99 Å². The molecule has 0 aliphatic heterocycles. The summed E-state index contributed by atoms with van der Waals surface area (Å²) in [5.74, 6) is -0.0654. The molecule has 3 nitrogen and oxygen atoms in total. The van der Waals surface area contributed by atoms with Crippen molar-refractivity contribution in [1.82, 2.24) is 0 Å². The van der Waals surface area contributed by atoms with E-state index in [1.807, 2.05) is 56.3 Å². The summed E-state index contributed by atoms with van der Waals surface area (Å²) in [5, 5.41) is 13.0. The van der Waals surface area contributed by atoms with E-state index in [1.165, 1.54) is 0 Å². The molecule has 2 aromatic rings. The average Bonchev–Trinajstić information content (AvgIpc) is 2.58. The molecule has 0 N–H and O–H groups in total. The smallest absolute Gasteiger partial charge is 0.607 e. The zero-order valence-corrected chi connectivity index (χ0v) is 15.7. The third-order valence-corrected chi connectivity index (χ3v) is 3.54. The molecule has 0 heterocycles. The Morgan fingerprint density at radius 2 is 1.76 bits per heavy atom. The van der Waals surface area contributed by atoms with Gasteiger partial charge in [0.1, 0.15) is 0 Å². The second-order valence-electron chi connectivity index (χ2n) is 5.92. The first-order valence-corrected chi connectivity index (χ1v) is 8.29. The van der Waals surface area contributed by atoms with Gasteiger partial charge in [0.15, 0.2) is 0 Å². The Morgan fingerprint density at radius 1 is 1.12 bits per heavy atom. The van der Waals surface area contributed by atoms with Crippen LogP contribution in [0.15, 0.2) is 71.2 Å². The number of ether oxygens (including phenoxy) is 1. The number of nitrogens with zero attached hydrogens (tertiary/aromatic N) is 1. The molecule has 0 unspecified atom stereocenters. The maximum absolute atomic E-state index is 12.3. The van der Waals surface area contributed by atoms with E-state index >= 15 is 0 Å². The molecule has 5 heteroatoms. The van der Waals surface area contributed by atoms with Crippen molar-refractivity contribution in [2.75, 3.05) is 0 Å². The van der Waals surface area contributed by atoms with Crippen molar-refractivity contribution in [2.24, 2.45) is 10.9 Å². The van der Waals surface area contributed by atoms with Crippen molar-refractivity contribution in [3.05, 3.63) is 82.4 Å². The van der Waals surface area contributed by atoms with Gasteiger partial charge in [-0.1, -0.05) is 67.9 Å². The summed E-state index contributed by atoms with van der Waals surface area (Å²) in [6.07, 6.45) is 2.23. The molecule has 0 saturated heterocycles. The van der Waals surface area contributed by atoms with Crippen molar-refractivity contribution in [1.29, 1.82) is 0 Å². The van der Waals surface area contributed by atoms with Crippen LogP contribution in [0.5, 0.6) is 0 Å². The Balaban J connectivity index is 0.00000312. The molecule has 0 fully saturated rings. The first-order valence-electron chi connectivity index (χ1n) is 7.91. The predicted octanol–water partition coefficient (Wildman–Crippen LogP) is 1.56. The number of benzene rings is 2. The quantitative estimate of drug-likeness (QED) is 0.432. The minimum atomic E-state index is -0.377. The van der Waals surface area contributed by atoms with E-state index in [9.17, 15) is 5.11 Å². The van der Waals surface area contributed by atoms with Crippen LogP contribution in [0.2, 0.25) is 5.02 Å². The van der Waals surface area contributed by atoms with E-state index in [2.05, 4.69) is 4.99 Å². The molecule has 0 aliphatic rings. The number of hydrogen-bond acceptors (Lipinski definition) is 3. The summed E-state index contributed by atoms with van der Waals surface area (Å²) < 4.78 is 5.39. The van der Waals surface area contributed by atoms with Crippen LogP contribution in [0.25, 0.3) is 0 Å². The van der Waals surface area contributed by atoms with Gasteiger partial charge in [0.25, 0.3) is 0 Å². The molecule has 0 bridgehead atoms. The van der Waals surface area contributed by atoms with Gasteiger partial charge >= 0.3 is 18.9 Å². The van der Waals surface area contributed by atoms with E-state index in [-0.39, 0.29) is 31.4 Å². The van der Waals surface area contributed by atoms with Crippen LogP contribution in [0.4, 0.5) is 0 Å². The van der Waals surface area contributed by atoms with Crippen molar-refractivity contribution >= 4 is 17.8 Å². The van der Waals surface area contributed by atoms with Gasteiger partial charge in [-0.05, 0) is 35.6 Å². The Labute approximate surface area is 166 Å². The Kier molecular flexibility index (Phi) is 9.45. The zero-order chi connectivity index (χ0) is 17.4. The second-order valence-corrected chi connectivity index (χ2v) is 6.35. The normalized spacial score (nSPS) is 12.0. The predicted molar refractivity (Wildman–Crippen MR) is 96.8 cm³/mol. The zero-order valence-electron chi connectivity index (χ0n) is 14.9. The van der Waals surface area contributed by atoms with Crippen molar-refractivity contribution < 1.29 is 28.7 Å². The van der Waals surface area contributed by atoms with Gasteiger partial charge < -0.3 is 9.84 Å². The van der Waals surface area contributed by atoms with E-state index in [0.29, 0.717) is 23.1 Å². The van der Waals surface area contributed by atoms with Crippen LogP contribution in [-0.2, 0) is 11.3 Å². The van der Waals surface area contributed by atoms with Gasteiger partial charge in [-0.2, -0.15) is 0 Å². The third kappa shape index (κ3) is 7.84. The summed E-state index contributed by atoms with van der Waals surface area (Å²) in [5.41, 5.74) is 2.27. The Bertz CT molecular complexity index is 697. The molecule has 0 amide bonds. The molecule has 0 aliphatic carbocycles. The third-order valence-electron chi connectivity index (χ3n) is 3.29. The molecule has 2 rings (SSSR count). The first kappa shape index (κ1) is 21.4. The molecule has 0 spiro atoms. The van der Waals surface area contributed by atoms with E-state index in [4.69, 9.17) is 16.3 Å². The minimum absolute atomic E-state index is 0. The van der Waals surface area contributed by atoms with Crippen LogP contribution in [0, 0.1) is 5.92 Å². The molecular weight excluding hydrogens is 329 g/mol. The van der Waals surface area contributed by atoms with Crippen LogP contribution in [0.1, 0.15) is 31.4 Å². The summed E-state index contributed by atoms with van der Waals surface area (Å²) in [6.45, 7) is 4.34. The molecule has 126 valence electrons. The maximum atomic E-state index is 12.3. The van der Waals surface area contributed by atoms with Gasteiger partial charge in [-0.15, -0.1) is 0 Å². The molecule has 25 heavy (non-hydrogen) atoms. The van der Waals surface area contributed by atoms with E-state index < -0.39 is 0 Å². The van der Waals surface area contributed by atoms with E-state index in [0.717, 1.165) is 11.1 Å². The number of rotatable bonds is 7. The summed E-state index contributed by atoms with van der Waals surface area (Å²) >= 11 is 5.87. The number of halogens is 1. The molecule has 2 aromatic carbocycles. The molecule has 0 atom stereocenters. The fourth-order valence-corrected chi connectivity index (χ4v) is 2.21. The van der Waals surface area contributed by atoms with Gasteiger partial charge in [0.2, 0.25) is 0 Å². The second kappa shape index (κ2) is 11.0. The molecular formula is C20H21ClLiNO2. The number of hydrogen-bond donors (Lipinski definition) is 0. The average molecular weight is 350 g/mol. The van der Waals surface area contributed by atoms with Crippen LogP contribution in [-0.4, -0.2) is 6.21 Å². The van der Waals surface area contributed by atoms with E-state index in [1.54, 1.807) is 18.3 Å². The minimum Gasteiger partial charge on any atom is -0.607 e. The summed E-state index contributed by atoms with van der Waals surface area (Å²) in [4.78, 5) is 4.35. The fourth-order valence-electron chi connectivity index (χ4n) is 2.08. The SMILES string of the molecule is CC(C)C/C(N=Cc1ccc(Cl)cc1)=C(\[O-])OCc1ccccc1.[Li+]. The fraction of sp³-hybridized carbons (Fsp3) is 0.250. The summed E-state index contributed by atoms with van der Waals surface area (Å²) in [6, 6.07) is 16.9. The molecule has 0 aromatic heterocycles.